The van der Waals surface area contributed by atoms with Crippen LogP contribution in [-0.4, -0.2) is 77.9 Å². The second-order valence-electron chi connectivity index (χ2n) is 13.8. The van der Waals surface area contributed by atoms with Crippen molar-refractivity contribution < 1.29 is 24.2 Å². The SMILES string of the molecule is CC[C@H](C)[C@H](NC(=O)C(CC=Cc1ccccc1)CC(O)C(Cc1ccccc1)NC(=O)OC(C)(C)C)C(=O)N1CCC(NC)CC1. The highest BCUT2D eigenvalue weighted by Crippen LogP contribution is 2.22. The van der Waals surface area contributed by atoms with Gasteiger partial charge in [0.05, 0.1) is 12.1 Å². The van der Waals surface area contributed by atoms with Crippen LogP contribution in [0.25, 0.3) is 6.08 Å². The van der Waals surface area contributed by atoms with Crippen LogP contribution in [0.15, 0.2) is 66.7 Å². The van der Waals surface area contributed by atoms with E-state index in [-0.39, 0.29) is 24.2 Å². The largest absolute Gasteiger partial charge is 0.444 e. The Hall–Kier alpha value is -3.69. The van der Waals surface area contributed by atoms with Crippen LogP contribution in [0.5, 0.6) is 0 Å². The van der Waals surface area contributed by atoms with Gasteiger partial charge >= 0.3 is 6.09 Å². The summed E-state index contributed by atoms with van der Waals surface area (Å²) in [7, 11) is 1.94. The maximum atomic E-state index is 14.1. The summed E-state index contributed by atoms with van der Waals surface area (Å²) in [5, 5.41) is 20.9. The summed E-state index contributed by atoms with van der Waals surface area (Å²) < 4.78 is 5.51. The summed E-state index contributed by atoms with van der Waals surface area (Å²) in [6, 6.07) is 18.4. The van der Waals surface area contributed by atoms with Gasteiger partial charge in [0, 0.05) is 25.0 Å². The highest BCUT2D eigenvalue weighted by molar-refractivity contribution is 5.89. The summed E-state index contributed by atoms with van der Waals surface area (Å²) in [4.78, 5) is 42.6. The molecule has 0 aliphatic carbocycles. The molecule has 1 heterocycles. The average molecular weight is 649 g/mol. The van der Waals surface area contributed by atoms with E-state index in [0.29, 0.717) is 32.0 Å². The number of aliphatic hydroxyl groups is 1. The molecular formula is C38H56N4O5. The number of benzene rings is 2. The molecule has 9 heteroatoms. The van der Waals surface area contributed by atoms with Crippen LogP contribution >= 0.6 is 0 Å². The van der Waals surface area contributed by atoms with Gasteiger partial charge in [-0.25, -0.2) is 4.79 Å². The van der Waals surface area contributed by atoms with E-state index in [4.69, 9.17) is 4.74 Å². The molecule has 3 amide bonds. The summed E-state index contributed by atoms with van der Waals surface area (Å²) >= 11 is 0. The van der Waals surface area contributed by atoms with Gasteiger partial charge in [-0.2, -0.15) is 0 Å². The number of nitrogens with one attached hydrogen (secondary N) is 3. The Balaban J connectivity index is 1.84. The first-order chi connectivity index (χ1) is 22.4. The standard InChI is InChI=1S/C38H56N4O5/c1-7-27(2)34(36(45)42-23-21-31(39-6)22-24-42)41-35(44)30(20-14-19-28-15-10-8-11-16-28)26-33(43)32(25-29-17-12-9-13-18-29)40-37(46)47-38(3,4)5/h8-19,27,30-34,39,43H,7,20-26H2,1-6H3,(H,40,46)(H,41,44)/t27-,30?,32?,33?,34-/m0/s1. The monoisotopic (exact) mass is 648 g/mol. The molecule has 0 bridgehead atoms. The number of carbonyl (C=O) groups excluding carboxylic acids is 3. The fourth-order valence-corrected chi connectivity index (χ4v) is 5.85. The maximum Gasteiger partial charge on any atom is 0.407 e. The van der Waals surface area contributed by atoms with E-state index >= 15 is 0 Å². The number of nitrogens with zero attached hydrogens (tertiary/aromatic N) is 1. The number of allylic oxidation sites excluding steroid dienone is 1. The van der Waals surface area contributed by atoms with Crippen molar-refractivity contribution in [1.29, 1.82) is 0 Å². The molecule has 0 radical (unpaired) electrons. The lowest BCUT2D eigenvalue weighted by molar-refractivity contribution is -0.140. The zero-order valence-electron chi connectivity index (χ0n) is 29.1. The number of hydrogen-bond donors (Lipinski definition) is 4. The number of carbonyl (C=O) groups is 3. The number of likely N-dealkylation sites (tertiary alicyclic amines) is 1. The molecule has 2 aromatic carbocycles. The molecule has 1 fully saturated rings. The molecule has 2 aromatic rings. The third kappa shape index (κ3) is 12.8. The molecule has 1 saturated heterocycles. The molecule has 9 nitrogen and oxygen atoms in total. The van der Waals surface area contributed by atoms with Crippen molar-refractivity contribution >= 4 is 24.0 Å². The molecule has 47 heavy (non-hydrogen) atoms. The Morgan fingerprint density at radius 3 is 2.19 bits per heavy atom. The normalized spacial score (nSPS) is 17.4. The van der Waals surface area contributed by atoms with Crippen molar-refractivity contribution in [3.05, 3.63) is 77.9 Å². The fourth-order valence-electron chi connectivity index (χ4n) is 5.85. The van der Waals surface area contributed by atoms with Crippen molar-refractivity contribution in [2.45, 2.75) is 103 Å². The Morgan fingerprint density at radius 2 is 1.62 bits per heavy atom. The van der Waals surface area contributed by atoms with Gasteiger partial charge in [0.25, 0.3) is 0 Å². The van der Waals surface area contributed by atoms with Crippen LogP contribution in [-0.2, 0) is 20.7 Å². The molecule has 3 unspecified atom stereocenters. The van der Waals surface area contributed by atoms with Crippen molar-refractivity contribution in [1.82, 2.24) is 20.9 Å². The van der Waals surface area contributed by atoms with Gasteiger partial charge in [0.1, 0.15) is 11.6 Å². The predicted molar refractivity (Wildman–Crippen MR) is 188 cm³/mol. The summed E-state index contributed by atoms with van der Waals surface area (Å²) in [6.45, 7) is 10.7. The minimum Gasteiger partial charge on any atom is -0.444 e. The molecule has 0 saturated carbocycles. The van der Waals surface area contributed by atoms with E-state index in [1.54, 1.807) is 20.8 Å². The van der Waals surface area contributed by atoms with Crippen LogP contribution in [0, 0.1) is 11.8 Å². The minimum atomic E-state index is -1.07. The maximum absolute atomic E-state index is 14.1. The topological polar surface area (TPSA) is 120 Å². The van der Waals surface area contributed by atoms with Gasteiger partial charge in [0.2, 0.25) is 11.8 Å². The average Bonchev–Trinajstić information content (AvgIpc) is 3.05. The second kappa shape index (κ2) is 18.6. The molecule has 0 aromatic heterocycles. The Bertz CT molecular complexity index is 1270. The van der Waals surface area contributed by atoms with Crippen molar-refractivity contribution in [2.24, 2.45) is 11.8 Å². The lowest BCUT2D eigenvalue weighted by Gasteiger charge is -2.36. The first-order valence-corrected chi connectivity index (χ1v) is 17.1. The van der Waals surface area contributed by atoms with Gasteiger partial charge in [-0.3, -0.25) is 9.59 Å². The Morgan fingerprint density at radius 1 is 1.00 bits per heavy atom. The fraction of sp³-hybridized carbons (Fsp3) is 0.553. The third-order valence-corrected chi connectivity index (χ3v) is 8.88. The number of alkyl carbamates (subject to hydrolysis) is 1. The Kier molecular flexibility index (Phi) is 14.9. The van der Waals surface area contributed by atoms with E-state index < -0.39 is 35.8 Å². The van der Waals surface area contributed by atoms with E-state index in [2.05, 4.69) is 16.0 Å². The molecule has 1 aliphatic heterocycles. The molecule has 258 valence electrons. The van der Waals surface area contributed by atoms with Crippen molar-refractivity contribution in [3.8, 4) is 0 Å². The molecule has 1 aliphatic rings. The lowest BCUT2D eigenvalue weighted by Crippen LogP contribution is -2.55. The number of amides is 3. The predicted octanol–water partition coefficient (Wildman–Crippen LogP) is 5.33. The van der Waals surface area contributed by atoms with Crippen LogP contribution in [0.3, 0.4) is 0 Å². The molecule has 0 spiro atoms. The summed E-state index contributed by atoms with van der Waals surface area (Å²) in [5.41, 5.74) is 1.22. The number of ether oxygens (including phenoxy) is 1. The number of rotatable bonds is 15. The zero-order chi connectivity index (χ0) is 34.4. The summed E-state index contributed by atoms with van der Waals surface area (Å²) in [6.07, 6.45) is 5.43. The number of hydrogen-bond acceptors (Lipinski definition) is 6. The molecule has 4 N–H and O–H groups in total. The highest BCUT2D eigenvalue weighted by atomic mass is 16.6. The van der Waals surface area contributed by atoms with Gasteiger partial charge in [-0.1, -0.05) is 93.1 Å². The number of aliphatic hydroxyl groups excluding tert-OH is 1. The van der Waals surface area contributed by atoms with Crippen molar-refractivity contribution in [2.75, 3.05) is 20.1 Å². The van der Waals surface area contributed by atoms with Crippen LogP contribution < -0.4 is 16.0 Å². The quantitative estimate of drug-likeness (QED) is 0.207. The van der Waals surface area contributed by atoms with Crippen LogP contribution in [0.4, 0.5) is 4.79 Å². The van der Waals surface area contributed by atoms with E-state index in [9.17, 15) is 19.5 Å². The van der Waals surface area contributed by atoms with Gasteiger partial charge in [-0.05, 0) is 77.0 Å². The third-order valence-electron chi connectivity index (χ3n) is 8.88. The van der Waals surface area contributed by atoms with Crippen LogP contribution in [0.2, 0.25) is 0 Å². The first-order valence-electron chi connectivity index (χ1n) is 17.1. The van der Waals surface area contributed by atoms with Crippen LogP contribution in [0.1, 0.15) is 77.8 Å². The second-order valence-corrected chi connectivity index (χ2v) is 13.8. The Labute approximate surface area is 281 Å². The molecule has 3 rings (SSSR count). The molecule has 5 atom stereocenters. The lowest BCUT2D eigenvalue weighted by atomic mass is 9.89. The van der Waals surface area contributed by atoms with Crippen molar-refractivity contribution in [3.63, 3.8) is 0 Å². The summed E-state index contributed by atoms with van der Waals surface area (Å²) in [5.74, 6) is -1.08. The zero-order valence-corrected chi connectivity index (χ0v) is 29.1. The molecular weight excluding hydrogens is 592 g/mol. The van der Waals surface area contributed by atoms with E-state index in [1.165, 1.54) is 0 Å². The number of piperidine rings is 1. The van der Waals surface area contributed by atoms with E-state index in [1.807, 2.05) is 98.6 Å². The minimum absolute atomic E-state index is 0.0603. The highest BCUT2D eigenvalue weighted by Gasteiger charge is 2.35. The van der Waals surface area contributed by atoms with Gasteiger partial charge in [0.15, 0.2) is 0 Å². The smallest absolute Gasteiger partial charge is 0.407 e. The van der Waals surface area contributed by atoms with Gasteiger partial charge < -0.3 is 30.7 Å². The van der Waals surface area contributed by atoms with Gasteiger partial charge in [-0.15, -0.1) is 0 Å². The van der Waals surface area contributed by atoms with E-state index in [0.717, 1.165) is 30.4 Å². The first kappa shape index (κ1) is 37.8.